The van der Waals surface area contributed by atoms with Crippen molar-refractivity contribution in [1.82, 2.24) is 15.0 Å². The predicted octanol–water partition coefficient (Wildman–Crippen LogP) is 2.61. The van der Waals surface area contributed by atoms with E-state index in [1.807, 2.05) is 17.9 Å². The molecule has 10 nitrogen and oxygen atoms in total. The number of ether oxygens (including phenoxy) is 1. The van der Waals surface area contributed by atoms with Gasteiger partial charge in [-0.25, -0.2) is 15.0 Å². The lowest BCUT2D eigenvalue weighted by molar-refractivity contribution is -0.383. The summed E-state index contributed by atoms with van der Waals surface area (Å²) in [5, 5.41) is 14.7. The Labute approximate surface area is 162 Å². The number of aryl methyl sites for hydroxylation is 1. The maximum atomic E-state index is 11.9. The zero-order valence-electron chi connectivity index (χ0n) is 15.8. The number of pyridine rings is 1. The third kappa shape index (κ3) is 4.33. The molecule has 1 fully saturated rings. The van der Waals surface area contributed by atoms with Crippen LogP contribution in [0.1, 0.15) is 25.5 Å². The summed E-state index contributed by atoms with van der Waals surface area (Å²) in [6, 6.07) is 5.35. The first-order valence-corrected chi connectivity index (χ1v) is 9.11. The number of hydrogen-bond donors (Lipinski definition) is 1. The van der Waals surface area contributed by atoms with E-state index >= 15 is 0 Å². The number of carbonyl (C=O) groups is 1. The van der Waals surface area contributed by atoms with Crippen LogP contribution in [0, 0.1) is 23.0 Å². The molecule has 28 heavy (non-hydrogen) atoms. The minimum Gasteiger partial charge on any atom is -0.466 e. The molecule has 2 aromatic heterocycles. The zero-order valence-corrected chi connectivity index (χ0v) is 15.8. The topological polar surface area (TPSA) is 123 Å². The van der Waals surface area contributed by atoms with Crippen molar-refractivity contribution in [2.75, 3.05) is 29.9 Å². The van der Waals surface area contributed by atoms with E-state index in [-0.39, 0.29) is 29.2 Å². The van der Waals surface area contributed by atoms with Gasteiger partial charge in [0.2, 0.25) is 11.6 Å². The average molecular weight is 386 g/mol. The lowest BCUT2D eigenvalue weighted by atomic mass is 9.97. The van der Waals surface area contributed by atoms with Gasteiger partial charge in [0.15, 0.2) is 0 Å². The Balaban J connectivity index is 1.82. The van der Waals surface area contributed by atoms with Gasteiger partial charge in [-0.15, -0.1) is 0 Å². The van der Waals surface area contributed by atoms with E-state index in [4.69, 9.17) is 4.74 Å². The monoisotopic (exact) mass is 386 g/mol. The first-order chi connectivity index (χ1) is 13.5. The molecule has 10 heteroatoms. The Hall–Kier alpha value is -3.30. The van der Waals surface area contributed by atoms with Crippen molar-refractivity contribution < 1.29 is 14.5 Å². The van der Waals surface area contributed by atoms with Crippen LogP contribution in [-0.4, -0.2) is 45.5 Å². The van der Waals surface area contributed by atoms with Gasteiger partial charge in [0, 0.05) is 18.8 Å². The minimum absolute atomic E-state index is 0.0839. The van der Waals surface area contributed by atoms with E-state index in [1.54, 1.807) is 19.1 Å². The number of carbonyl (C=O) groups excluding carboxylic acids is 1. The van der Waals surface area contributed by atoms with Crippen LogP contribution in [-0.2, 0) is 9.53 Å². The van der Waals surface area contributed by atoms with Crippen LogP contribution >= 0.6 is 0 Å². The highest BCUT2D eigenvalue weighted by atomic mass is 16.6. The molecule has 1 aliphatic rings. The van der Waals surface area contributed by atoms with Gasteiger partial charge in [-0.05, 0) is 38.8 Å². The second kappa shape index (κ2) is 8.59. The summed E-state index contributed by atoms with van der Waals surface area (Å²) in [7, 11) is 0. The number of piperidine rings is 1. The summed E-state index contributed by atoms with van der Waals surface area (Å²) in [6.45, 7) is 4.90. The molecule has 0 atom stereocenters. The van der Waals surface area contributed by atoms with E-state index < -0.39 is 4.92 Å². The molecule has 0 aliphatic carbocycles. The summed E-state index contributed by atoms with van der Waals surface area (Å²) in [5.74, 6) is 0.380. The van der Waals surface area contributed by atoms with Crippen molar-refractivity contribution in [1.29, 1.82) is 0 Å². The number of nitrogens with one attached hydrogen (secondary N) is 1. The van der Waals surface area contributed by atoms with Gasteiger partial charge in [0.25, 0.3) is 0 Å². The van der Waals surface area contributed by atoms with Gasteiger partial charge in [0.05, 0.1) is 17.4 Å². The number of anilines is 3. The molecule has 2 aromatic rings. The minimum atomic E-state index is -0.495. The summed E-state index contributed by atoms with van der Waals surface area (Å²) >= 11 is 0. The molecule has 1 aliphatic heterocycles. The van der Waals surface area contributed by atoms with Crippen molar-refractivity contribution in [2.45, 2.75) is 26.7 Å². The van der Waals surface area contributed by atoms with Gasteiger partial charge >= 0.3 is 11.7 Å². The van der Waals surface area contributed by atoms with Gasteiger partial charge in [-0.2, -0.15) is 0 Å². The standard InChI is InChI=1S/C18H22N6O4/c1-3-28-18(25)13-7-9-23(10-8-13)17-15(24(26)27)16(19-11-20-17)22-14-6-4-5-12(2)21-14/h4-6,11,13H,3,7-10H2,1-2H3,(H,19,20,21,22). The first-order valence-electron chi connectivity index (χ1n) is 9.11. The maximum Gasteiger partial charge on any atom is 0.353 e. The van der Waals surface area contributed by atoms with E-state index in [0.29, 0.717) is 38.4 Å². The number of hydrogen-bond acceptors (Lipinski definition) is 9. The Kier molecular flexibility index (Phi) is 5.97. The fourth-order valence-corrected chi connectivity index (χ4v) is 3.18. The molecule has 0 spiro atoms. The Morgan fingerprint density at radius 2 is 2.11 bits per heavy atom. The third-order valence-corrected chi connectivity index (χ3v) is 4.53. The van der Waals surface area contributed by atoms with Crippen molar-refractivity contribution in [3.8, 4) is 0 Å². The van der Waals surface area contributed by atoms with Crippen LogP contribution in [0.15, 0.2) is 24.5 Å². The molecule has 0 saturated carbocycles. The SMILES string of the molecule is CCOC(=O)C1CCN(c2ncnc(Nc3cccc(C)n3)c2[N+](=O)[O-])CC1. The van der Waals surface area contributed by atoms with E-state index in [9.17, 15) is 14.9 Å². The van der Waals surface area contributed by atoms with Crippen molar-refractivity contribution in [3.63, 3.8) is 0 Å². The van der Waals surface area contributed by atoms with Crippen LogP contribution in [0.5, 0.6) is 0 Å². The molecule has 1 saturated heterocycles. The smallest absolute Gasteiger partial charge is 0.353 e. The van der Waals surface area contributed by atoms with E-state index in [1.165, 1.54) is 6.33 Å². The second-order valence-corrected chi connectivity index (χ2v) is 6.45. The quantitative estimate of drug-likeness (QED) is 0.453. The Morgan fingerprint density at radius 3 is 2.75 bits per heavy atom. The number of nitrogens with zero attached hydrogens (tertiary/aromatic N) is 5. The predicted molar refractivity (Wildman–Crippen MR) is 103 cm³/mol. The van der Waals surface area contributed by atoms with Crippen LogP contribution in [0.2, 0.25) is 0 Å². The van der Waals surface area contributed by atoms with Gasteiger partial charge < -0.3 is 15.0 Å². The van der Waals surface area contributed by atoms with Gasteiger partial charge in [-0.1, -0.05) is 6.07 Å². The molecule has 0 unspecified atom stereocenters. The molecule has 0 radical (unpaired) electrons. The third-order valence-electron chi connectivity index (χ3n) is 4.53. The summed E-state index contributed by atoms with van der Waals surface area (Å²) in [5.41, 5.74) is 0.573. The zero-order chi connectivity index (χ0) is 20.1. The van der Waals surface area contributed by atoms with Crippen LogP contribution < -0.4 is 10.2 Å². The molecule has 3 rings (SSSR count). The molecule has 3 heterocycles. The lowest BCUT2D eigenvalue weighted by Gasteiger charge is -2.31. The maximum absolute atomic E-state index is 11.9. The molecule has 0 amide bonds. The second-order valence-electron chi connectivity index (χ2n) is 6.45. The molecular weight excluding hydrogens is 364 g/mol. The van der Waals surface area contributed by atoms with Crippen LogP contribution in [0.25, 0.3) is 0 Å². The normalized spacial score (nSPS) is 14.6. The fraction of sp³-hybridized carbons (Fsp3) is 0.444. The number of esters is 1. The number of aromatic nitrogens is 3. The van der Waals surface area contributed by atoms with E-state index in [2.05, 4.69) is 20.3 Å². The lowest BCUT2D eigenvalue weighted by Crippen LogP contribution is -2.37. The summed E-state index contributed by atoms with van der Waals surface area (Å²) in [6.07, 6.45) is 2.41. The molecule has 148 valence electrons. The van der Waals surface area contributed by atoms with Crippen molar-refractivity contribution >= 4 is 29.1 Å². The van der Waals surface area contributed by atoms with Crippen molar-refractivity contribution in [2.24, 2.45) is 5.92 Å². The van der Waals surface area contributed by atoms with Crippen molar-refractivity contribution in [3.05, 3.63) is 40.3 Å². The average Bonchev–Trinajstić information content (AvgIpc) is 2.68. The highest BCUT2D eigenvalue weighted by Crippen LogP contribution is 2.35. The molecular formula is C18H22N6O4. The number of nitro groups is 1. The Bertz CT molecular complexity index is 867. The highest BCUT2D eigenvalue weighted by molar-refractivity contribution is 5.75. The van der Waals surface area contributed by atoms with Crippen LogP contribution in [0.4, 0.5) is 23.1 Å². The summed E-state index contributed by atoms with van der Waals surface area (Å²) in [4.78, 5) is 37.5. The fourth-order valence-electron chi connectivity index (χ4n) is 3.18. The van der Waals surface area contributed by atoms with Gasteiger partial charge in [-0.3, -0.25) is 14.9 Å². The van der Waals surface area contributed by atoms with Crippen LogP contribution in [0.3, 0.4) is 0 Å². The van der Waals surface area contributed by atoms with Gasteiger partial charge in [0.1, 0.15) is 12.1 Å². The molecule has 0 bridgehead atoms. The van der Waals surface area contributed by atoms with E-state index in [0.717, 1.165) is 5.69 Å². The summed E-state index contributed by atoms with van der Waals surface area (Å²) < 4.78 is 5.07. The molecule has 1 N–H and O–H groups in total. The largest absolute Gasteiger partial charge is 0.466 e. The highest BCUT2D eigenvalue weighted by Gasteiger charge is 2.32. The Morgan fingerprint density at radius 1 is 1.36 bits per heavy atom. The molecule has 0 aromatic carbocycles. The first kappa shape index (κ1) is 19.5. The number of rotatable bonds is 6.